The maximum atomic E-state index is 12.9. The number of benzene rings is 1. The molecule has 1 aromatic carbocycles. The summed E-state index contributed by atoms with van der Waals surface area (Å²) in [5.41, 5.74) is 3.28. The molecule has 3 heterocycles. The third-order valence-electron chi connectivity index (χ3n) is 6.08. The summed E-state index contributed by atoms with van der Waals surface area (Å²) in [6.07, 6.45) is 3.58. The monoisotopic (exact) mass is 463 g/mol. The fraction of sp³-hybridized carbons (Fsp3) is 0.440. The molecular formula is C25H33N7O2. The van der Waals surface area contributed by atoms with E-state index in [0.29, 0.717) is 11.5 Å². The number of ether oxygens (including phenoxy) is 1. The van der Waals surface area contributed by atoms with Crippen molar-refractivity contribution < 1.29 is 9.53 Å². The largest absolute Gasteiger partial charge is 0.383 e. The molecule has 0 radical (unpaired) electrons. The zero-order valence-corrected chi connectivity index (χ0v) is 20.4. The van der Waals surface area contributed by atoms with Crippen molar-refractivity contribution in [2.24, 2.45) is 0 Å². The van der Waals surface area contributed by atoms with E-state index >= 15 is 0 Å². The Bertz CT molecular complexity index is 1100. The Morgan fingerprint density at radius 3 is 2.50 bits per heavy atom. The number of anilines is 2. The highest BCUT2D eigenvalue weighted by molar-refractivity contribution is 5.94. The quantitative estimate of drug-likeness (QED) is 0.548. The van der Waals surface area contributed by atoms with Gasteiger partial charge in [0.05, 0.1) is 24.2 Å². The summed E-state index contributed by atoms with van der Waals surface area (Å²) in [7, 11) is 1.71. The van der Waals surface area contributed by atoms with Crippen molar-refractivity contribution >= 4 is 17.5 Å². The van der Waals surface area contributed by atoms with Crippen LogP contribution in [0.4, 0.5) is 11.6 Å². The van der Waals surface area contributed by atoms with E-state index in [9.17, 15) is 4.79 Å². The second-order valence-electron chi connectivity index (χ2n) is 8.75. The van der Waals surface area contributed by atoms with E-state index < -0.39 is 0 Å². The number of hydrogen-bond acceptors (Lipinski definition) is 7. The minimum atomic E-state index is 0.0634. The van der Waals surface area contributed by atoms with Crippen molar-refractivity contribution in [2.75, 3.05) is 51.8 Å². The molecule has 34 heavy (non-hydrogen) atoms. The van der Waals surface area contributed by atoms with Crippen LogP contribution in [0.25, 0.3) is 11.4 Å². The number of rotatable bonds is 8. The van der Waals surface area contributed by atoms with Gasteiger partial charge in [-0.15, -0.1) is 0 Å². The summed E-state index contributed by atoms with van der Waals surface area (Å²) >= 11 is 0. The predicted octanol–water partition coefficient (Wildman–Crippen LogP) is 3.38. The third-order valence-corrected chi connectivity index (χ3v) is 6.08. The molecule has 1 aliphatic heterocycles. The van der Waals surface area contributed by atoms with Gasteiger partial charge in [-0.05, 0) is 51.1 Å². The normalized spacial score (nSPS) is 14.6. The van der Waals surface area contributed by atoms with Crippen LogP contribution in [0.5, 0.6) is 0 Å². The molecule has 3 aromatic rings. The lowest BCUT2D eigenvalue weighted by molar-refractivity contribution is 0.0594. The molecule has 0 bridgehead atoms. The van der Waals surface area contributed by atoms with Crippen molar-refractivity contribution in [2.45, 2.75) is 26.8 Å². The number of hydrogen-bond donors (Lipinski definition) is 1. The molecule has 1 saturated heterocycles. The number of nitrogens with zero attached hydrogens (tertiary/aromatic N) is 6. The maximum absolute atomic E-state index is 12.9. The molecule has 1 aliphatic rings. The number of methoxy groups -OCH3 is 1. The van der Waals surface area contributed by atoms with Crippen LogP contribution in [0.15, 0.2) is 42.7 Å². The van der Waals surface area contributed by atoms with Gasteiger partial charge in [-0.1, -0.05) is 0 Å². The number of carbonyl (C=O) groups excluding carboxylic acids is 1. The molecule has 0 atom stereocenters. The van der Waals surface area contributed by atoms with Crippen LogP contribution in [-0.4, -0.2) is 81.7 Å². The van der Waals surface area contributed by atoms with Crippen LogP contribution < -0.4 is 5.32 Å². The molecule has 0 saturated carbocycles. The Morgan fingerprint density at radius 1 is 1.09 bits per heavy atom. The molecule has 1 fully saturated rings. The van der Waals surface area contributed by atoms with Crippen LogP contribution in [0.1, 0.15) is 36.1 Å². The molecular weight excluding hydrogens is 430 g/mol. The molecule has 2 aromatic heterocycles. The van der Waals surface area contributed by atoms with E-state index in [1.807, 2.05) is 48.4 Å². The second kappa shape index (κ2) is 10.8. The van der Waals surface area contributed by atoms with Gasteiger partial charge in [-0.25, -0.2) is 15.0 Å². The standard InChI is InChI=1S/C25H33N7O2/c1-18(2)32-19(3)27-17-23(32)22-9-10-26-25(29-22)28-21-7-5-20(6-8-21)24(33)31-13-11-30(12-14-31)15-16-34-4/h5-10,17-18H,11-16H2,1-4H3,(H,26,28,29). The van der Waals surface area contributed by atoms with Crippen molar-refractivity contribution in [3.8, 4) is 11.4 Å². The molecule has 0 spiro atoms. The lowest BCUT2D eigenvalue weighted by atomic mass is 10.1. The van der Waals surface area contributed by atoms with Gasteiger partial charge in [0.2, 0.25) is 5.95 Å². The highest BCUT2D eigenvalue weighted by Gasteiger charge is 2.22. The summed E-state index contributed by atoms with van der Waals surface area (Å²) in [6.45, 7) is 11.1. The number of aryl methyl sites for hydroxylation is 1. The molecule has 1 amide bonds. The number of aromatic nitrogens is 4. The summed E-state index contributed by atoms with van der Waals surface area (Å²) < 4.78 is 7.30. The van der Waals surface area contributed by atoms with Crippen LogP contribution in [0, 0.1) is 6.92 Å². The highest BCUT2D eigenvalue weighted by Crippen LogP contribution is 2.24. The van der Waals surface area contributed by atoms with E-state index in [-0.39, 0.29) is 11.9 Å². The summed E-state index contributed by atoms with van der Waals surface area (Å²) in [4.78, 5) is 30.6. The van der Waals surface area contributed by atoms with Crippen molar-refractivity contribution in [1.82, 2.24) is 29.3 Å². The van der Waals surface area contributed by atoms with Gasteiger partial charge in [0.15, 0.2) is 0 Å². The summed E-state index contributed by atoms with van der Waals surface area (Å²) in [5, 5.41) is 3.25. The Labute approximate surface area is 200 Å². The van der Waals surface area contributed by atoms with E-state index in [4.69, 9.17) is 4.74 Å². The molecule has 9 heteroatoms. The SMILES string of the molecule is COCCN1CCN(C(=O)c2ccc(Nc3nccc(-c4cnc(C)n4C(C)C)n3)cc2)CC1. The van der Waals surface area contributed by atoms with Crippen molar-refractivity contribution in [3.63, 3.8) is 0 Å². The topological polar surface area (TPSA) is 88.4 Å². The van der Waals surface area contributed by atoms with Crippen molar-refractivity contribution in [1.29, 1.82) is 0 Å². The summed E-state index contributed by atoms with van der Waals surface area (Å²) in [6, 6.07) is 9.65. The number of imidazole rings is 1. The van der Waals surface area contributed by atoms with E-state index in [1.54, 1.807) is 13.3 Å². The first-order valence-electron chi connectivity index (χ1n) is 11.7. The first kappa shape index (κ1) is 23.8. The fourth-order valence-electron chi connectivity index (χ4n) is 4.26. The average Bonchev–Trinajstić information content (AvgIpc) is 3.25. The highest BCUT2D eigenvalue weighted by atomic mass is 16.5. The van der Waals surface area contributed by atoms with Gasteiger partial charge < -0.3 is 19.5 Å². The molecule has 1 N–H and O–H groups in total. The minimum Gasteiger partial charge on any atom is -0.383 e. The van der Waals surface area contributed by atoms with Crippen LogP contribution in [0.3, 0.4) is 0 Å². The smallest absolute Gasteiger partial charge is 0.253 e. The van der Waals surface area contributed by atoms with Crippen LogP contribution in [-0.2, 0) is 4.74 Å². The van der Waals surface area contributed by atoms with Gasteiger partial charge in [0.1, 0.15) is 5.82 Å². The lowest BCUT2D eigenvalue weighted by Crippen LogP contribution is -2.49. The number of piperazine rings is 1. The Morgan fingerprint density at radius 2 is 1.82 bits per heavy atom. The number of nitrogens with one attached hydrogen (secondary N) is 1. The lowest BCUT2D eigenvalue weighted by Gasteiger charge is -2.34. The average molecular weight is 464 g/mol. The molecule has 0 unspecified atom stereocenters. The molecule has 9 nitrogen and oxygen atoms in total. The number of carbonyl (C=O) groups is 1. The minimum absolute atomic E-state index is 0.0634. The first-order chi connectivity index (χ1) is 16.5. The van der Waals surface area contributed by atoms with E-state index in [1.165, 1.54) is 0 Å². The maximum Gasteiger partial charge on any atom is 0.253 e. The van der Waals surface area contributed by atoms with Gasteiger partial charge >= 0.3 is 0 Å². The van der Waals surface area contributed by atoms with Crippen LogP contribution in [0.2, 0.25) is 0 Å². The third kappa shape index (κ3) is 5.43. The summed E-state index contributed by atoms with van der Waals surface area (Å²) in [5.74, 6) is 1.51. The van der Waals surface area contributed by atoms with Gasteiger partial charge in [0, 0.05) is 63.3 Å². The zero-order valence-electron chi connectivity index (χ0n) is 20.4. The Kier molecular flexibility index (Phi) is 7.54. The fourth-order valence-corrected chi connectivity index (χ4v) is 4.26. The van der Waals surface area contributed by atoms with Gasteiger partial charge in [-0.2, -0.15) is 0 Å². The zero-order chi connectivity index (χ0) is 24.1. The first-order valence-corrected chi connectivity index (χ1v) is 11.7. The van der Waals surface area contributed by atoms with E-state index in [2.05, 4.69) is 43.6 Å². The van der Waals surface area contributed by atoms with Crippen molar-refractivity contribution in [3.05, 3.63) is 54.1 Å². The Hall–Kier alpha value is -3.30. The van der Waals surface area contributed by atoms with E-state index in [0.717, 1.165) is 62.2 Å². The molecule has 0 aliphatic carbocycles. The van der Waals surface area contributed by atoms with Gasteiger partial charge in [-0.3, -0.25) is 9.69 Å². The number of amides is 1. The van der Waals surface area contributed by atoms with Crippen LogP contribution >= 0.6 is 0 Å². The van der Waals surface area contributed by atoms with Gasteiger partial charge in [0.25, 0.3) is 5.91 Å². The Balaban J connectivity index is 1.40. The molecule has 4 rings (SSSR count). The second-order valence-corrected chi connectivity index (χ2v) is 8.75. The molecule has 180 valence electrons. The predicted molar refractivity (Wildman–Crippen MR) is 132 cm³/mol.